The quantitative estimate of drug-likeness (QED) is 0.0468. The summed E-state index contributed by atoms with van der Waals surface area (Å²) in [6, 6.07) is 15.6. The van der Waals surface area contributed by atoms with E-state index in [9.17, 15) is 15.0 Å². The second-order valence-electron chi connectivity index (χ2n) is 13.4. The zero-order chi connectivity index (χ0) is 36.9. The van der Waals surface area contributed by atoms with Gasteiger partial charge in [-0.2, -0.15) is 0 Å². The molecule has 1 heterocycles. The number of fused-ring (bicyclic) bond motifs is 2. The van der Waals surface area contributed by atoms with Gasteiger partial charge in [-0.3, -0.25) is 0 Å². The first-order chi connectivity index (χ1) is 25.4. The summed E-state index contributed by atoms with van der Waals surface area (Å²) in [5.41, 5.74) is 2.70. The SMILES string of the molecule is C=CCOC12Oc3ccc(OCCSc4ccccc4)cc3C3C(CCCCO)C(CCCCO)C=C(C(=NOC)CC1N(C)C(=O)OCCCl)C32. The van der Waals surface area contributed by atoms with E-state index in [1.807, 2.05) is 30.3 Å². The van der Waals surface area contributed by atoms with Gasteiger partial charge in [-0.05, 0) is 73.4 Å². The molecule has 6 atom stereocenters. The minimum atomic E-state index is -1.33. The van der Waals surface area contributed by atoms with Crippen LogP contribution in [0.25, 0.3) is 0 Å². The topological polar surface area (TPSA) is 119 Å². The van der Waals surface area contributed by atoms with Gasteiger partial charge in [-0.1, -0.05) is 48.3 Å². The fraction of sp³-hybridized carbons (Fsp3) is 0.550. The Labute approximate surface area is 317 Å². The highest BCUT2D eigenvalue weighted by Crippen LogP contribution is 2.61. The predicted octanol–water partition coefficient (Wildman–Crippen LogP) is 7.43. The third kappa shape index (κ3) is 9.10. The molecule has 10 nitrogen and oxygen atoms in total. The average Bonchev–Trinajstić information content (AvgIpc) is 3.16. The molecule has 52 heavy (non-hydrogen) atoms. The summed E-state index contributed by atoms with van der Waals surface area (Å²) in [7, 11) is 3.22. The molecule has 2 N–H and O–H groups in total. The molecular formula is C40H53ClN2O8S. The number of thioether (sulfide) groups is 1. The Hall–Kier alpha value is -3.22. The molecule has 2 aromatic rings. The van der Waals surface area contributed by atoms with Crippen molar-refractivity contribution in [1.29, 1.82) is 0 Å². The van der Waals surface area contributed by atoms with Crippen molar-refractivity contribution in [2.75, 3.05) is 58.8 Å². The fourth-order valence-corrected chi connectivity index (χ4v) is 8.95. The van der Waals surface area contributed by atoms with E-state index in [4.69, 9.17) is 35.4 Å². The first kappa shape index (κ1) is 40.0. The van der Waals surface area contributed by atoms with E-state index in [2.05, 4.69) is 36.0 Å². The zero-order valence-electron chi connectivity index (χ0n) is 30.3. The minimum absolute atomic E-state index is 0.0625. The van der Waals surface area contributed by atoms with Gasteiger partial charge in [-0.15, -0.1) is 29.9 Å². The summed E-state index contributed by atoms with van der Waals surface area (Å²) in [5.74, 6) is 0.766. The molecule has 0 aromatic heterocycles. The van der Waals surface area contributed by atoms with E-state index in [1.165, 1.54) is 16.9 Å². The number of allylic oxidation sites excluding steroid dienone is 1. The number of hydrogen-bond donors (Lipinski definition) is 2. The van der Waals surface area contributed by atoms with Gasteiger partial charge >= 0.3 is 6.09 Å². The summed E-state index contributed by atoms with van der Waals surface area (Å²) in [6.45, 7) is 4.96. The molecular weight excluding hydrogens is 704 g/mol. The van der Waals surface area contributed by atoms with Crippen LogP contribution in [0.1, 0.15) is 56.4 Å². The number of aliphatic hydroxyl groups excluding tert-OH is 2. The number of aliphatic hydroxyl groups is 2. The third-order valence-electron chi connectivity index (χ3n) is 10.3. The van der Waals surface area contributed by atoms with E-state index < -0.39 is 23.8 Å². The highest BCUT2D eigenvalue weighted by atomic mass is 35.5. The number of oxime groups is 1. The van der Waals surface area contributed by atoms with Gasteiger partial charge in [0.15, 0.2) is 0 Å². The number of carbonyl (C=O) groups is 1. The van der Waals surface area contributed by atoms with Crippen molar-refractivity contribution in [2.24, 2.45) is 22.9 Å². The maximum atomic E-state index is 13.5. The summed E-state index contributed by atoms with van der Waals surface area (Å²) >= 11 is 7.64. The van der Waals surface area contributed by atoms with Gasteiger partial charge in [0.1, 0.15) is 31.3 Å². The molecule has 6 unspecified atom stereocenters. The molecule has 0 radical (unpaired) electrons. The predicted molar refractivity (Wildman–Crippen MR) is 204 cm³/mol. The lowest BCUT2D eigenvalue weighted by molar-refractivity contribution is -0.253. The fourth-order valence-electron chi connectivity index (χ4n) is 8.12. The second kappa shape index (κ2) is 19.7. The molecule has 0 saturated heterocycles. The van der Waals surface area contributed by atoms with Gasteiger partial charge in [0.25, 0.3) is 0 Å². The molecule has 0 bridgehead atoms. The van der Waals surface area contributed by atoms with Crippen molar-refractivity contribution < 1.29 is 38.8 Å². The highest BCUT2D eigenvalue weighted by Gasteiger charge is 2.65. The summed E-state index contributed by atoms with van der Waals surface area (Å²) in [4.78, 5) is 21.7. The number of rotatable bonds is 20. The van der Waals surface area contributed by atoms with Crippen molar-refractivity contribution in [3.05, 3.63) is 78.4 Å². The standard InChI is InChI=1S/C40H53ClN2O8S/c1-4-21-50-40-36(43(2)39(46)49-22-18-41)27-34(42-47-3)32-25-28(12-8-10-19-44)31(15-9-11-20-45)37(38(32)40)33-26-29(16-17-35(33)51-40)48-23-24-52-30-13-6-5-7-14-30/h4-7,13-14,16-17,25-26,28,31,36-38,44-45H,1,8-12,15,18-24,27H2,2-3H3. The molecule has 0 spiro atoms. The van der Waals surface area contributed by atoms with E-state index >= 15 is 0 Å². The Morgan fingerprint density at radius 2 is 1.88 bits per heavy atom. The zero-order valence-corrected chi connectivity index (χ0v) is 31.9. The van der Waals surface area contributed by atoms with Crippen LogP contribution in [0.5, 0.6) is 11.5 Å². The van der Waals surface area contributed by atoms with E-state index in [0.29, 0.717) is 31.6 Å². The van der Waals surface area contributed by atoms with Crippen molar-refractivity contribution in [3.63, 3.8) is 0 Å². The number of likely N-dealkylation sites (N-methyl/N-ethyl adjacent to an activating group) is 1. The number of nitrogens with zero attached hydrogens (tertiary/aromatic N) is 2. The molecule has 3 aliphatic rings. The summed E-state index contributed by atoms with van der Waals surface area (Å²) in [6.07, 6.45) is 8.55. The maximum absolute atomic E-state index is 13.5. The van der Waals surface area contributed by atoms with Crippen molar-refractivity contribution in [2.45, 2.75) is 67.6 Å². The molecule has 1 saturated carbocycles. The van der Waals surface area contributed by atoms with Crippen LogP contribution in [0.3, 0.4) is 0 Å². The van der Waals surface area contributed by atoms with E-state index in [1.54, 1.807) is 24.9 Å². The first-order valence-electron chi connectivity index (χ1n) is 18.3. The molecule has 1 amide bonds. The van der Waals surface area contributed by atoms with Crippen LogP contribution >= 0.6 is 23.4 Å². The maximum Gasteiger partial charge on any atom is 0.410 e. The lowest BCUT2D eigenvalue weighted by Crippen LogP contribution is -2.69. The molecule has 284 valence electrons. The molecule has 2 aliphatic carbocycles. The van der Waals surface area contributed by atoms with Crippen LogP contribution in [0, 0.1) is 17.8 Å². The van der Waals surface area contributed by atoms with Crippen LogP contribution in [-0.4, -0.2) is 97.6 Å². The smallest absolute Gasteiger partial charge is 0.410 e. The third-order valence-corrected chi connectivity index (χ3v) is 11.4. The van der Waals surface area contributed by atoms with Crippen LogP contribution in [0.15, 0.2) is 82.9 Å². The van der Waals surface area contributed by atoms with Gasteiger partial charge in [0.05, 0.1) is 30.7 Å². The Kier molecular flexibility index (Phi) is 15.2. The number of amides is 1. The molecule has 1 aliphatic heterocycles. The largest absolute Gasteiger partial charge is 0.493 e. The van der Waals surface area contributed by atoms with Crippen LogP contribution in [-0.2, 0) is 14.3 Å². The van der Waals surface area contributed by atoms with Crippen molar-refractivity contribution in [1.82, 2.24) is 4.90 Å². The Morgan fingerprint density at radius 1 is 1.12 bits per heavy atom. The number of unbranched alkanes of at least 4 members (excludes halogenated alkanes) is 2. The molecule has 1 fully saturated rings. The number of ether oxygens (including phenoxy) is 4. The van der Waals surface area contributed by atoms with Crippen molar-refractivity contribution in [3.8, 4) is 11.5 Å². The summed E-state index contributed by atoms with van der Waals surface area (Å²) < 4.78 is 25.8. The summed E-state index contributed by atoms with van der Waals surface area (Å²) in [5, 5.41) is 24.1. The number of alkyl halides is 1. The number of carbonyl (C=O) groups excluding carboxylic acids is 1. The molecule has 5 rings (SSSR count). The van der Waals surface area contributed by atoms with Gasteiger partial charge in [0.2, 0.25) is 5.79 Å². The van der Waals surface area contributed by atoms with Gasteiger partial charge < -0.3 is 38.9 Å². The Morgan fingerprint density at radius 3 is 2.60 bits per heavy atom. The Bertz CT molecular complexity index is 1530. The molecule has 2 aromatic carbocycles. The average molecular weight is 757 g/mol. The number of halogens is 1. The van der Waals surface area contributed by atoms with Gasteiger partial charge in [0, 0.05) is 48.8 Å². The van der Waals surface area contributed by atoms with Crippen LogP contribution < -0.4 is 9.47 Å². The number of benzene rings is 2. The van der Waals surface area contributed by atoms with Crippen LogP contribution in [0.4, 0.5) is 4.79 Å². The monoisotopic (exact) mass is 756 g/mol. The second-order valence-corrected chi connectivity index (χ2v) is 14.9. The lowest BCUT2D eigenvalue weighted by Gasteiger charge is -2.59. The Balaban J connectivity index is 1.63. The van der Waals surface area contributed by atoms with E-state index in [0.717, 1.165) is 54.0 Å². The van der Waals surface area contributed by atoms with Crippen LogP contribution in [0.2, 0.25) is 0 Å². The van der Waals surface area contributed by atoms with Crippen molar-refractivity contribution >= 4 is 35.2 Å². The normalized spacial score (nSPS) is 25.3. The first-order valence-corrected chi connectivity index (χ1v) is 19.8. The minimum Gasteiger partial charge on any atom is -0.493 e. The molecule has 12 heteroatoms. The lowest BCUT2D eigenvalue weighted by atomic mass is 9.55. The highest BCUT2D eigenvalue weighted by molar-refractivity contribution is 7.99. The number of hydrogen-bond acceptors (Lipinski definition) is 10. The van der Waals surface area contributed by atoms with E-state index in [-0.39, 0.29) is 50.1 Å². The van der Waals surface area contributed by atoms with Gasteiger partial charge in [-0.25, -0.2) is 4.79 Å².